The number of anilines is 4. The highest BCUT2D eigenvalue weighted by Gasteiger charge is 2.58. The number of aliphatic hydroxyl groups excluding tert-OH is 1. The quantitative estimate of drug-likeness (QED) is 0.0229. The van der Waals surface area contributed by atoms with E-state index in [0.717, 1.165) is 57.0 Å². The third kappa shape index (κ3) is 16.8. The van der Waals surface area contributed by atoms with Gasteiger partial charge in [-0.1, -0.05) is 85.8 Å². The summed E-state index contributed by atoms with van der Waals surface area (Å²) in [7, 11) is 4.58. The monoisotopic (exact) mass is 1500 g/mol. The van der Waals surface area contributed by atoms with Crippen molar-refractivity contribution in [2.75, 3.05) is 101 Å². The lowest BCUT2D eigenvalue weighted by atomic mass is 9.95. The molecule has 5 aliphatic heterocycles. The minimum Gasteiger partial charge on any atom is -0.497 e. The normalized spacial score (nSPS) is 17.5. The van der Waals surface area contributed by atoms with E-state index in [1.165, 1.54) is 33.3 Å². The number of methoxy groups -OCH3 is 3. The molecule has 1 saturated heterocycles. The summed E-state index contributed by atoms with van der Waals surface area (Å²) >= 11 is 0. The van der Waals surface area contributed by atoms with E-state index in [9.17, 15) is 43.5 Å². The van der Waals surface area contributed by atoms with E-state index < -0.39 is 48.2 Å². The Morgan fingerprint density at radius 3 is 2.14 bits per heavy atom. The van der Waals surface area contributed by atoms with Gasteiger partial charge in [0.25, 0.3) is 11.8 Å². The van der Waals surface area contributed by atoms with E-state index in [1.807, 2.05) is 90.6 Å². The highest BCUT2D eigenvalue weighted by Crippen LogP contribution is 2.57. The van der Waals surface area contributed by atoms with Crippen LogP contribution in [0, 0.1) is 11.3 Å². The van der Waals surface area contributed by atoms with Gasteiger partial charge >= 0.3 is 6.09 Å². The first-order valence-corrected chi connectivity index (χ1v) is 37.2. The van der Waals surface area contributed by atoms with Gasteiger partial charge in [-0.3, -0.25) is 33.6 Å². The van der Waals surface area contributed by atoms with E-state index >= 15 is 0 Å². The van der Waals surface area contributed by atoms with Gasteiger partial charge in [-0.15, -0.1) is 5.10 Å². The van der Waals surface area contributed by atoms with Crippen LogP contribution in [0.4, 0.5) is 27.5 Å². The lowest BCUT2D eigenvalue weighted by molar-refractivity contribution is -0.133. The van der Waals surface area contributed by atoms with Gasteiger partial charge in [0.2, 0.25) is 29.5 Å². The standard InChI is InChI=1S/C81H92N12O17/c1-8-92-74-57-15-10-9-14-52(57)43-90(62-17-12-11-16-58(62)73(74)87-88-92)71(96)27-26-69(94)82-30-33-106-34-35-107-46-70(95)86-72(48(2)3)76(98)84-49(4)75(97)85-54-22-18-50(19-23-54)45-110-80(102)93-63-40-68(66(105-7)38-60(63)78(100)91-47-81(28-29-81)41-64(91)79(93)101)109-32-13-31-108-67-39-61-59(37-65(67)104-6)77(99)89-44-53(36-55(89)42-83-61)51-20-24-56(103-5)25-21-51/h9-12,14-25,37-40,44,48-49,55,64,72,79,83,101H,8,13,26-36,41-43,45-47H2,1-7H3,(H,82,94)(H,84,98)(H,85,97)(H,86,95)/t49-,55-,64-,72-,79?/m0/s1. The Morgan fingerprint density at radius 2 is 1.42 bits per heavy atom. The highest BCUT2D eigenvalue weighted by atomic mass is 16.6. The predicted molar refractivity (Wildman–Crippen MR) is 406 cm³/mol. The van der Waals surface area contributed by atoms with Gasteiger partial charge in [-0.05, 0) is 116 Å². The van der Waals surface area contributed by atoms with E-state index in [-0.39, 0.29) is 129 Å². The molecule has 1 spiro atoms. The van der Waals surface area contributed by atoms with Crippen molar-refractivity contribution in [3.8, 4) is 51.3 Å². The lowest BCUT2D eigenvalue weighted by Gasteiger charge is -2.31. The number of nitrogens with one attached hydrogen (secondary N) is 5. The average molecular weight is 1510 g/mol. The third-order valence-electron chi connectivity index (χ3n) is 20.8. The van der Waals surface area contributed by atoms with Gasteiger partial charge in [-0.2, -0.15) is 0 Å². The molecule has 1 aliphatic carbocycles. The number of carbonyl (C=O) groups excluding carboxylic acids is 8. The number of carbonyl (C=O) groups is 8. The molecular weight excluding hydrogens is 1410 g/mol. The maximum atomic E-state index is 14.5. The molecule has 110 heavy (non-hydrogen) atoms. The molecule has 1 unspecified atom stereocenters. The minimum absolute atomic E-state index is 0.0305. The molecule has 13 rings (SSSR count). The van der Waals surface area contributed by atoms with Crippen LogP contribution in [0.1, 0.15) is 110 Å². The van der Waals surface area contributed by atoms with Gasteiger partial charge < -0.3 is 84.3 Å². The molecule has 2 fully saturated rings. The van der Waals surface area contributed by atoms with Crippen LogP contribution >= 0.6 is 0 Å². The van der Waals surface area contributed by atoms with Crippen LogP contribution in [0.3, 0.4) is 0 Å². The highest BCUT2D eigenvalue weighted by molar-refractivity contribution is 6.07. The van der Waals surface area contributed by atoms with Crippen LogP contribution < -0.4 is 60.1 Å². The number of para-hydroxylation sites is 1. The molecule has 29 heteroatoms. The first-order chi connectivity index (χ1) is 53.2. The first-order valence-electron chi connectivity index (χ1n) is 37.2. The Bertz CT molecular complexity index is 4640. The molecule has 578 valence electrons. The van der Waals surface area contributed by atoms with E-state index in [0.29, 0.717) is 90.8 Å². The number of ether oxygens (including phenoxy) is 8. The van der Waals surface area contributed by atoms with Crippen molar-refractivity contribution < 1.29 is 81.4 Å². The molecule has 8 amide bonds. The number of rotatable bonds is 30. The summed E-state index contributed by atoms with van der Waals surface area (Å²) in [5, 5.41) is 35.5. The molecule has 6 aromatic carbocycles. The van der Waals surface area contributed by atoms with Crippen molar-refractivity contribution in [3.05, 3.63) is 155 Å². The number of aromatic nitrogens is 3. The average Bonchev–Trinajstić information content (AvgIpc) is 1.56. The van der Waals surface area contributed by atoms with Crippen LogP contribution in [0.2, 0.25) is 0 Å². The number of hydrogen-bond acceptors (Lipinski definition) is 20. The molecule has 1 saturated carbocycles. The van der Waals surface area contributed by atoms with Crippen molar-refractivity contribution in [2.24, 2.45) is 11.3 Å². The molecule has 6 N–H and O–H groups in total. The van der Waals surface area contributed by atoms with E-state index in [1.54, 1.807) is 72.1 Å². The molecule has 0 bridgehead atoms. The van der Waals surface area contributed by atoms with Crippen LogP contribution in [-0.2, 0) is 57.9 Å². The molecule has 6 aliphatic rings. The molecule has 6 heterocycles. The summed E-state index contributed by atoms with van der Waals surface area (Å²) in [4.78, 5) is 116. The molecule has 7 aromatic rings. The number of aliphatic hydroxyl groups is 1. The number of nitrogens with zero attached hydrogens (tertiary/aromatic N) is 7. The maximum absolute atomic E-state index is 14.5. The zero-order chi connectivity index (χ0) is 77.3. The summed E-state index contributed by atoms with van der Waals surface area (Å²) < 4.78 is 48.3. The fraction of sp³-hybridized carbons (Fsp3) is 0.407. The van der Waals surface area contributed by atoms with Gasteiger partial charge in [-0.25, -0.2) is 14.4 Å². The van der Waals surface area contributed by atoms with E-state index in [2.05, 4.69) is 36.9 Å². The fourth-order valence-electron chi connectivity index (χ4n) is 14.6. The predicted octanol–water partition coefficient (Wildman–Crippen LogP) is 8.72. The second kappa shape index (κ2) is 33.9. The smallest absolute Gasteiger partial charge is 0.416 e. The summed E-state index contributed by atoms with van der Waals surface area (Å²) in [6, 6.07) is 33.3. The Balaban J connectivity index is 0.542. The molecule has 1 aromatic heterocycles. The lowest BCUT2D eigenvalue weighted by Crippen LogP contribution is -2.54. The number of fused-ring (bicyclic) bond motifs is 9. The summed E-state index contributed by atoms with van der Waals surface area (Å²) in [5.41, 5.74) is 8.97. The first kappa shape index (κ1) is 76.6. The topological polar surface area (TPSA) is 334 Å². The van der Waals surface area contributed by atoms with E-state index in [4.69, 9.17) is 37.9 Å². The number of aryl methyl sites for hydroxylation is 1. The molecular formula is C81H92N12O17. The Kier molecular flexibility index (Phi) is 23.6. The summed E-state index contributed by atoms with van der Waals surface area (Å²) in [6.45, 7) is 8.97. The van der Waals surface area contributed by atoms with Crippen molar-refractivity contribution in [1.29, 1.82) is 0 Å². The van der Waals surface area contributed by atoms with Gasteiger partial charge in [0.1, 0.15) is 36.7 Å². The van der Waals surface area contributed by atoms with Gasteiger partial charge in [0.05, 0.1) is 107 Å². The van der Waals surface area contributed by atoms with Gasteiger partial charge in [0, 0.05) is 80.6 Å². The Morgan fingerprint density at radius 1 is 0.709 bits per heavy atom. The summed E-state index contributed by atoms with van der Waals surface area (Å²) in [6.07, 6.45) is 2.72. The molecule has 0 radical (unpaired) electrons. The van der Waals surface area contributed by atoms with Crippen molar-refractivity contribution in [2.45, 2.75) is 123 Å². The second-order valence-electron chi connectivity index (χ2n) is 28.5. The fourth-order valence-corrected chi connectivity index (χ4v) is 14.6. The number of amides is 8. The number of benzene rings is 6. The molecule has 5 atom stereocenters. The minimum atomic E-state index is -1.49. The zero-order valence-electron chi connectivity index (χ0n) is 62.6. The zero-order valence-corrected chi connectivity index (χ0v) is 62.6. The Hall–Kier alpha value is -11.6. The van der Waals surface area contributed by atoms with Crippen molar-refractivity contribution in [3.63, 3.8) is 0 Å². The van der Waals surface area contributed by atoms with Crippen LogP contribution in [0.5, 0.6) is 28.7 Å². The number of hydrogen-bond donors (Lipinski definition) is 6. The van der Waals surface area contributed by atoms with Crippen LogP contribution in [0.25, 0.3) is 28.1 Å². The maximum Gasteiger partial charge on any atom is 0.416 e. The summed E-state index contributed by atoms with van der Waals surface area (Å²) in [5.74, 6) is -1.18. The molecule has 29 nitrogen and oxygen atoms in total. The van der Waals surface area contributed by atoms with Crippen LogP contribution in [0.15, 0.2) is 128 Å². The largest absolute Gasteiger partial charge is 0.497 e. The van der Waals surface area contributed by atoms with Crippen molar-refractivity contribution in [1.82, 2.24) is 40.7 Å². The Labute approximate surface area is 636 Å². The van der Waals surface area contributed by atoms with Crippen molar-refractivity contribution >= 4 is 75.8 Å². The third-order valence-corrected chi connectivity index (χ3v) is 20.8. The van der Waals surface area contributed by atoms with Crippen LogP contribution in [-0.4, -0.2) is 188 Å². The van der Waals surface area contributed by atoms with Gasteiger partial charge in [0.15, 0.2) is 29.2 Å². The SMILES string of the molecule is CCn1nnc2c1-c1ccccc1CN(C(=O)CCC(=O)NCCOCCOCC(=O)N[C@H](C(=O)N[C@@H](C)C(=O)Nc1ccc(COC(=O)N3c4cc(OCCCOc5cc6c(cc5OC)C(=O)N5C=C(c7ccc(OC)cc7)C[C@H]5CN6)c(OC)cc4C(=O)N4CC5(CC5)C[C@H]4C3O)cc1)C(C)C)c1ccccc1-2. The second-order valence-corrected chi connectivity index (χ2v) is 28.5.